The molecule has 1 aliphatic heterocycles. The lowest BCUT2D eigenvalue weighted by molar-refractivity contribution is -0.256. The van der Waals surface area contributed by atoms with Gasteiger partial charge in [-0.15, -0.1) is 0 Å². The molecule has 1 spiro atoms. The predicted octanol–water partition coefficient (Wildman–Crippen LogP) is 4.73. The number of ether oxygens (including phenoxy) is 2. The molecule has 4 aliphatic carbocycles. The van der Waals surface area contributed by atoms with Crippen LogP contribution in [0.4, 0.5) is 0 Å². The van der Waals surface area contributed by atoms with Crippen molar-refractivity contribution in [3.8, 4) is 0 Å². The van der Waals surface area contributed by atoms with Crippen molar-refractivity contribution in [3.05, 3.63) is 0 Å². The summed E-state index contributed by atoms with van der Waals surface area (Å²) in [4.78, 5) is 12.6. The van der Waals surface area contributed by atoms with Gasteiger partial charge in [0, 0.05) is 24.7 Å². The third kappa shape index (κ3) is 2.03. The first-order valence-electron chi connectivity index (χ1n) is 10.6. The van der Waals surface area contributed by atoms with Crippen molar-refractivity contribution in [1.29, 1.82) is 0 Å². The van der Waals surface area contributed by atoms with E-state index in [1.807, 2.05) is 0 Å². The van der Waals surface area contributed by atoms with Gasteiger partial charge in [0.2, 0.25) is 0 Å². The Hall–Kier alpha value is -0.410. The number of fused-ring (bicyclic) bond motifs is 5. The summed E-state index contributed by atoms with van der Waals surface area (Å²) in [5.41, 5.74) is 0.690. The number of carbonyl (C=O) groups is 1. The Bertz CT molecular complexity index is 594. The summed E-state index contributed by atoms with van der Waals surface area (Å²) in [6, 6.07) is 0. The molecule has 0 aromatic heterocycles. The van der Waals surface area contributed by atoms with Crippen LogP contribution >= 0.6 is 0 Å². The van der Waals surface area contributed by atoms with Gasteiger partial charge in [-0.2, -0.15) is 0 Å². The lowest BCUT2D eigenvalue weighted by Gasteiger charge is -2.65. The second kappa shape index (κ2) is 5.10. The van der Waals surface area contributed by atoms with E-state index in [1.54, 1.807) is 0 Å². The third-order valence-electron chi connectivity index (χ3n) is 9.87. The Morgan fingerprint density at radius 3 is 2.40 bits per heavy atom. The maximum atomic E-state index is 12.6. The summed E-state index contributed by atoms with van der Waals surface area (Å²) in [6.07, 6.45) is 10.3. The van der Waals surface area contributed by atoms with E-state index in [0.717, 1.165) is 57.2 Å². The summed E-state index contributed by atoms with van der Waals surface area (Å²) < 4.78 is 12.2. The Morgan fingerprint density at radius 1 is 0.880 bits per heavy atom. The van der Waals surface area contributed by atoms with Crippen LogP contribution in [0.3, 0.4) is 0 Å². The second-order valence-corrected chi connectivity index (χ2v) is 10.6. The lowest BCUT2D eigenvalue weighted by Crippen LogP contribution is -2.60. The van der Waals surface area contributed by atoms with Crippen LogP contribution in [-0.2, 0) is 14.3 Å². The molecule has 0 radical (unpaired) electrons. The molecule has 0 N–H and O–H groups in total. The van der Waals surface area contributed by atoms with Gasteiger partial charge in [0.1, 0.15) is 5.78 Å². The highest BCUT2D eigenvalue weighted by Crippen LogP contribution is 2.70. The number of hydrogen-bond donors (Lipinski definition) is 0. The molecule has 5 fully saturated rings. The van der Waals surface area contributed by atoms with Crippen molar-refractivity contribution in [2.75, 3.05) is 13.2 Å². The van der Waals surface area contributed by atoms with E-state index in [-0.39, 0.29) is 11.2 Å². The molecule has 5 rings (SSSR count). The van der Waals surface area contributed by atoms with Gasteiger partial charge >= 0.3 is 0 Å². The Balaban J connectivity index is 1.46. The Kier molecular flexibility index (Phi) is 3.41. The van der Waals surface area contributed by atoms with Gasteiger partial charge in [-0.3, -0.25) is 4.79 Å². The average molecular weight is 347 g/mol. The van der Waals surface area contributed by atoms with E-state index in [0.29, 0.717) is 22.5 Å². The number of ketones is 1. The highest BCUT2D eigenvalue weighted by Gasteiger charge is 2.65. The van der Waals surface area contributed by atoms with E-state index in [2.05, 4.69) is 20.8 Å². The van der Waals surface area contributed by atoms with Crippen molar-refractivity contribution in [3.63, 3.8) is 0 Å². The van der Waals surface area contributed by atoms with Gasteiger partial charge in [0.05, 0.1) is 13.2 Å². The van der Waals surface area contributed by atoms with Gasteiger partial charge in [-0.1, -0.05) is 20.8 Å². The molecule has 4 saturated carbocycles. The highest BCUT2D eigenvalue weighted by atomic mass is 16.7. The second-order valence-electron chi connectivity index (χ2n) is 10.6. The van der Waals surface area contributed by atoms with Crippen LogP contribution in [0.25, 0.3) is 0 Å². The van der Waals surface area contributed by atoms with Crippen LogP contribution in [0.15, 0.2) is 0 Å². The van der Waals surface area contributed by atoms with Crippen molar-refractivity contribution >= 4 is 5.78 Å². The number of carbonyl (C=O) groups excluding carboxylic acids is 1. The lowest BCUT2D eigenvalue weighted by atomic mass is 9.40. The van der Waals surface area contributed by atoms with Crippen molar-refractivity contribution < 1.29 is 14.3 Å². The first-order chi connectivity index (χ1) is 11.8. The summed E-state index contributed by atoms with van der Waals surface area (Å²) in [7, 11) is 0. The number of Topliss-reactive ketones (excluding diaryl/α,β-unsaturated/α-hetero) is 1. The Labute approximate surface area is 152 Å². The molecular weight excluding hydrogens is 312 g/mol. The van der Waals surface area contributed by atoms with Crippen LogP contribution in [-0.4, -0.2) is 24.8 Å². The molecular formula is C22H34O3. The summed E-state index contributed by atoms with van der Waals surface area (Å²) in [5, 5.41) is 0. The summed E-state index contributed by atoms with van der Waals surface area (Å²) in [6.45, 7) is 8.91. The molecule has 25 heavy (non-hydrogen) atoms. The van der Waals surface area contributed by atoms with Gasteiger partial charge in [0.25, 0.3) is 0 Å². The minimum atomic E-state index is -0.284. The molecule has 1 saturated heterocycles. The van der Waals surface area contributed by atoms with Crippen LogP contribution in [0.1, 0.15) is 78.6 Å². The zero-order chi connectivity index (χ0) is 17.5. The zero-order valence-electron chi connectivity index (χ0n) is 16.2. The monoisotopic (exact) mass is 346 g/mol. The average Bonchev–Trinajstić information content (AvgIpc) is 3.14. The van der Waals surface area contributed by atoms with Crippen LogP contribution in [0, 0.1) is 34.0 Å². The van der Waals surface area contributed by atoms with E-state index in [9.17, 15) is 4.79 Å². The normalized spacial score (nSPS) is 54.2. The minimum absolute atomic E-state index is 0.00116. The fraction of sp³-hybridized carbons (Fsp3) is 0.955. The van der Waals surface area contributed by atoms with Crippen LogP contribution < -0.4 is 0 Å². The molecule has 0 unspecified atom stereocenters. The maximum absolute atomic E-state index is 12.6. The first-order valence-corrected chi connectivity index (χ1v) is 10.6. The number of rotatable bonds is 0. The largest absolute Gasteiger partial charge is 0.348 e. The van der Waals surface area contributed by atoms with Gasteiger partial charge in [-0.05, 0) is 67.1 Å². The van der Waals surface area contributed by atoms with Crippen LogP contribution in [0.2, 0.25) is 0 Å². The van der Waals surface area contributed by atoms with E-state index in [1.165, 1.54) is 25.7 Å². The molecule has 5 aliphatic rings. The third-order valence-corrected chi connectivity index (χ3v) is 9.87. The molecule has 6 atom stereocenters. The van der Waals surface area contributed by atoms with Gasteiger partial charge in [0.15, 0.2) is 5.79 Å². The van der Waals surface area contributed by atoms with Crippen molar-refractivity contribution in [1.82, 2.24) is 0 Å². The summed E-state index contributed by atoms with van der Waals surface area (Å²) >= 11 is 0. The molecule has 3 nitrogen and oxygen atoms in total. The smallest absolute Gasteiger partial charge is 0.169 e. The van der Waals surface area contributed by atoms with E-state index >= 15 is 0 Å². The van der Waals surface area contributed by atoms with E-state index in [4.69, 9.17) is 9.47 Å². The van der Waals surface area contributed by atoms with Crippen LogP contribution in [0.5, 0.6) is 0 Å². The number of hydrogen-bond acceptors (Lipinski definition) is 3. The van der Waals surface area contributed by atoms with Gasteiger partial charge < -0.3 is 9.47 Å². The Morgan fingerprint density at radius 2 is 1.64 bits per heavy atom. The van der Waals surface area contributed by atoms with Crippen molar-refractivity contribution in [2.24, 2.45) is 34.0 Å². The molecule has 0 aromatic rings. The molecule has 3 heteroatoms. The minimum Gasteiger partial charge on any atom is -0.348 e. The quantitative estimate of drug-likeness (QED) is 0.636. The topological polar surface area (TPSA) is 35.5 Å². The molecule has 140 valence electrons. The molecule has 1 heterocycles. The molecule has 0 bridgehead atoms. The molecule has 0 amide bonds. The maximum Gasteiger partial charge on any atom is 0.169 e. The van der Waals surface area contributed by atoms with Crippen molar-refractivity contribution in [2.45, 2.75) is 84.3 Å². The fourth-order valence-corrected chi connectivity index (χ4v) is 8.12. The first kappa shape index (κ1) is 16.7. The standard InChI is InChI=1S/C22H34O3/c1-19-8-6-15-16-4-5-18(23)20(16,2)9-7-17(15)21(19,3)10-11-22(14-19)24-12-13-25-22/h15-17H,4-14H2,1-3H3/t15-,16-,17-,19-,20-,21+/m0/s1. The highest BCUT2D eigenvalue weighted by molar-refractivity contribution is 5.87. The fourth-order valence-electron chi connectivity index (χ4n) is 8.12. The van der Waals surface area contributed by atoms with Gasteiger partial charge in [-0.25, -0.2) is 0 Å². The zero-order valence-corrected chi connectivity index (χ0v) is 16.2. The SMILES string of the molecule is C[C@@]12CC[C@H]3[C@@H]4CCC(=O)[C@@]4(C)CC[C@@H]3[C@@]1(C)CCC1(C2)OCCO1. The predicted molar refractivity (Wildman–Crippen MR) is 96.0 cm³/mol. The molecule has 0 aromatic carbocycles. The summed E-state index contributed by atoms with van der Waals surface area (Å²) in [5.74, 6) is 2.48. The van der Waals surface area contributed by atoms with E-state index < -0.39 is 0 Å².